The van der Waals surface area contributed by atoms with Crippen molar-refractivity contribution in [3.63, 3.8) is 0 Å². The Hall–Kier alpha value is -1.07. The Morgan fingerprint density at radius 3 is 2.27 bits per heavy atom. The first kappa shape index (κ1) is 27.0. The topological polar surface area (TPSA) is 83.0 Å². The second-order valence-corrected chi connectivity index (χ2v) is 11.2. The van der Waals surface area contributed by atoms with Gasteiger partial charge in [-0.1, -0.05) is 12.1 Å². The van der Waals surface area contributed by atoms with Gasteiger partial charge in [-0.25, -0.2) is 8.42 Å². The van der Waals surface area contributed by atoms with E-state index < -0.39 is 14.6 Å². The smallest absolute Gasteiger partial charge is 0.191 e. The predicted molar refractivity (Wildman–Crippen MR) is 135 cm³/mol. The first-order chi connectivity index (χ1) is 13.7. The summed E-state index contributed by atoms with van der Waals surface area (Å²) in [4.78, 5) is 6.73. The summed E-state index contributed by atoms with van der Waals surface area (Å²) in [6.07, 6.45) is 2.43. The highest BCUT2D eigenvalue weighted by Gasteiger charge is 2.28. The zero-order chi connectivity index (χ0) is 21.5. The standard InChI is InChI=1S/C21H36N4O3S.HI/c1-21(2,3)29(26,27)15-12-23-20(22-4)24-16-19(25-13-6-7-14-25)17-8-10-18(28-5)11-9-17;/h8-11,19H,6-7,12-16H2,1-5H3,(H2,22,23,24);1H. The van der Waals surface area contributed by atoms with Crippen molar-refractivity contribution in [2.45, 2.75) is 44.4 Å². The summed E-state index contributed by atoms with van der Waals surface area (Å²) in [7, 11) is 0.210. The number of ether oxygens (including phenoxy) is 1. The number of nitrogens with one attached hydrogen (secondary N) is 2. The van der Waals surface area contributed by atoms with Crippen molar-refractivity contribution in [2.75, 3.05) is 46.1 Å². The maximum atomic E-state index is 12.3. The van der Waals surface area contributed by atoms with Crippen molar-refractivity contribution in [3.05, 3.63) is 29.8 Å². The van der Waals surface area contributed by atoms with Gasteiger partial charge in [0.2, 0.25) is 0 Å². The minimum absolute atomic E-state index is 0. The predicted octanol–water partition coefficient (Wildman–Crippen LogP) is 2.83. The Morgan fingerprint density at radius 2 is 1.77 bits per heavy atom. The van der Waals surface area contributed by atoms with E-state index in [-0.39, 0.29) is 35.8 Å². The average molecular weight is 553 g/mol. The molecule has 1 fully saturated rings. The van der Waals surface area contributed by atoms with E-state index in [1.54, 1.807) is 34.9 Å². The van der Waals surface area contributed by atoms with Gasteiger partial charge in [-0.3, -0.25) is 9.89 Å². The van der Waals surface area contributed by atoms with Gasteiger partial charge in [0.1, 0.15) is 5.75 Å². The van der Waals surface area contributed by atoms with Gasteiger partial charge in [0.05, 0.1) is 23.7 Å². The second-order valence-electron chi connectivity index (χ2n) is 8.34. The SMILES string of the molecule is CN=C(NCCS(=O)(=O)C(C)(C)C)NCC(c1ccc(OC)cc1)N1CCCC1.I. The molecule has 0 saturated carbocycles. The largest absolute Gasteiger partial charge is 0.497 e. The van der Waals surface area contributed by atoms with Crippen molar-refractivity contribution in [3.8, 4) is 5.75 Å². The highest BCUT2D eigenvalue weighted by atomic mass is 127. The van der Waals surface area contributed by atoms with Crippen LogP contribution in [0.15, 0.2) is 29.3 Å². The number of rotatable bonds is 8. The molecule has 1 unspecified atom stereocenters. The fourth-order valence-corrected chi connectivity index (χ4v) is 4.34. The molecule has 9 heteroatoms. The van der Waals surface area contributed by atoms with Crippen LogP contribution in [0.5, 0.6) is 5.75 Å². The van der Waals surface area contributed by atoms with Gasteiger partial charge >= 0.3 is 0 Å². The molecular formula is C21H37IN4O3S. The average Bonchev–Trinajstić information content (AvgIpc) is 3.20. The fraction of sp³-hybridized carbons (Fsp3) is 0.667. The molecular weight excluding hydrogens is 515 g/mol. The van der Waals surface area contributed by atoms with Crippen molar-refractivity contribution >= 4 is 39.8 Å². The first-order valence-corrected chi connectivity index (χ1v) is 11.9. The number of hydrogen-bond donors (Lipinski definition) is 2. The summed E-state index contributed by atoms with van der Waals surface area (Å²) in [5.74, 6) is 1.54. The Labute approximate surface area is 199 Å². The highest BCUT2D eigenvalue weighted by Crippen LogP contribution is 2.26. The van der Waals surface area contributed by atoms with Gasteiger partial charge in [0.25, 0.3) is 0 Å². The molecule has 1 atom stereocenters. The van der Waals surface area contributed by atoms with E-state index in [2.05, 4.69) is 32.7 Å². The third-order valence-electron chi connectivity index (χ3n) is 5.36. The van der Waals surface area contributed by atoms with Gasteiger partial charge in [0.15, 0.2) is 15.8 Å². The summed E-state index contributed by atoms with van der Waals surface area (Å²) in [5, 5.41) is 6.50. The normalized spacial score (nSPS) is 16.6. The van der Waals surface area contributed by atoms with Crippen LogP contribution < -0.4 is 15.4 Å². The van der Waals surface area contributed by atoms with Crippen molar-refractivity contribution in [1.29, 1.82) is 0 Å². The van der Waals surface area contributed by atoms with E-state index >= 15 is 0 Å². The Balaban J connectivity index is 0.00000450. The lowest BCUT2D eigenvalue weighted by Crippen LogP contribution is -2.44. The fourth-order valence-electron chi connectivity index (χ4n) is 3.36. The molecule has 7 nitrogen and oxygen atoms in total. The molecule has 1 aliphatic rings. The van der Waals surface area contributed by atoms with Crippen LogP contribution in [-0.4, -0.2) is 70.1 Å². The second kappa shape index (κ2) is 12.1. The number of hydrogen-bond acceptors (Lipinski definition) is 5. The molecule has 0 amide bonds. The monoisotopic (exact) mass is 552 g/mol. The third kappa shape index (κ3) is 7.56. The van der Waals surface area contributed by atoms with Crippen LogP contribution in [0.2, 0.25) is 0 Å². The molecule has 2 N–H and O–H groups in total. The van der Waals surface area contributed by atoms with E-state index in [0.717, 1.165) is 18.8 Å². The maximum Gasteiger partial charge on any atom is 0.191 e. The summed E-state index contributed by atoms with van der Waals surface area (Å²) < 4.78 is 29.1. The number of methoxy groups -OCH3 is 1. The van der Waals surface area contributed by atoms with Crippen LogP contribution in [0.1, 0.15) is 45.2 Å². The maximum absolute atomic E-state index is 12.3. The zero-order valence-electron chi connectivity index (χ0n) is 18.8. The number of benzene rings is 1. The summed E-state index contributed by atoms with van der Waals surface area (Å²) >= 11 is 0. The summed E-state index contributed by atoms with van der Waals surface area (Å²) in [6.45, 7) is 8.36. The Kier molecular flexibility index (Phi) is 10.9. The van der Waals surface area contributed by atoms with Crippen molar-refractivity contribution < 1.29 is 13.2 Å². The van der Waals surface area contributed by atoms with Gasteiger partial charge in [-0.05, 0) is 64.4 Å². The van der Waals surface area contributed by atoms with Crippen LogP contribution in [0.4, 0.5) is 0 Å². The number of sulfone groups is 1. The Morgan fingerprint density at radius 1 is 1.17 bits per heavy atom. The zero-order valence-corrected chi connectivity index (χ0v) is 21.9. The number of nitrogens with zero attached hydrogens (tertiary/aromatic N) is 2. The molecule has 0 aromatic heterocycles. The van der Waals surface area contributed by atoms with Gasteiger partial charge in [0, 0.05) is 20.1 Å². The molecule has 172 valence electrons. The van der Waals surface area contributed by atoms with Gasteiger partial charge in [-0.2, -0.15) is 0 Å². The van der Waals surface area contributed by atoms with E-state index in [4.69, 9.17) is 4.74 Å². The van der Waals surface area contributed by atoms with E-state index in [9.17, 15) is 8.42 Å². The van der Waals surface area contributed by atoms with E-state index in [1.165, 1.54) is 18.4 Å². The molecule has 0 aliphatic carbocycles. The Bertz CT molecular complexity index is 770. The lowest BCUT2D eigenvalue weighted by Gasteiger charge is -2.29. The molecule has 1 aromatic rings. The number of likely N-dealkylation sites (tertiary alicyclic amines) is 1. The summed E-state index contributed by atoms with van der Waals surface area (Å²) in [5.41, 5.74) is 1.23. The van der Waals surface area contributed by atoms with E-state index in [1.807, 2.05) is 12.1 Å². The van der Waals surface area contributed by atoms with Gasteiger partial charge in [-0.15, -0.1) is 24.0 Å². The minimum Gasteiger partial charge on any atom is -0.497 e. The lowest BCUT2D eigenvalue weighted by molar-refractivity contribution is 0.245. The van der Waals surface area contributed by atoms with E-state index in [0.29, 0.717) is 19.0 Å². The van der Waals surface area contributed by atoms with Crippen LogP contribution in [0.3, 0.4) is 0 Å². The minimum atomic E-state index is -3.16. The molecule has 0 radical (unpaired) electrons. The molecule has 0 bridgehead atoms. The van der Waals surface area contributed by atoms with Crippen molar-refractivity contribution in [2.24, 2.45) is 4.99 Å². The van der Waals surface area contributed by atoms with Gasteiger partial charge < -0.3 is 15.4 Å². The van der Waals surface area contributed by atoms with Crippen molar-refractivity contribution in [1.82, 2.24) is 15.5 Å². The molecule has 1 aromatic carbocycles. The molecule has 30 heavy (non-hydrogen) atoms. The third-order valence-corrected chi connectivity index (χ3v) is 7.97. The molecule has 2 rings (SSSR count). The highest BCUT2D eigenvalue weighted by molar-refractivity contribution is 14.0. The molecule has 1 saturated heterocycles. The molecule has 1 aliphatic heterocycles. The quantitative estimate of drug-likeness (QED) is 0.293. The molecule has 0 spiro atoms. The van der Waals surface area contributed by atoms with Crippen LogP contribution in [0, 0.1) is 0 Å². The van der Waals surface area contributed by atoms with Crippen LogP contribution in [0.25, 0.3) is 0 Å². The summed E-state index contributed by atoms with van der Waals surface area (Å²) in [6, 6.07) is 8.41. The van der Waals surface area contributed by atoms with Crippen LogP contribution >= 0.6 is 24.0 Å². The van der Waals surface area contributed by atoms with Crippen LogP contribution in [-0.2, 0) is 9.84 Å². The number of halogens is 1. The molecule has 1 heterocycles. The lowest BCUT2D eigenvalue weighted by atomic mass is 10.1. The number of guanidine groups is 1. The first-order valence-electron chi connectivity index (χ1n) is 10.2. The number of aliphatic imine (C=N–C) groups is 1.